The average molecular weight is 930 g/mol. The van der Waals surface area contributed by atoms with Crippen LogP contribution in [0.5, 0.6) is 11.5 Å². The van der Waals surface area contributed by atoms with Crippen molar-refractivity contribution in [1.82, 2.24) is 40.2 Å². The number of hydrogen-bond acceptors (Lipinski definition) is 14. The number of amides is 3. The van der Waals surface area contributed by atoms with Crippen LogP contribution in [0.2, 0.25) is 0 Å². The first-order valence-corrected chi connectivity index (χ1v) is 25.9. The number of aromatic amines is 1. The Morgan fingerprint density at radius 3 is 2.40 bits per heavy atom. The first-order chi connectivity index (χ1) is 32.3. The molecule has 2 aromatic heterocycles. The molecule has 9 rings (SSSR count). The molecule has 4 aliphatic heterocycles. The minimum Gasteiger partial charge on any atom is -0.494 e. The second-order valence-corrected chi connectivity index (χ2v) is 21.4. The van der Waals surface area contributed by atoms with Crippen LogP contribution in [-0.4, -0.2) is 138 Å². The van der Waals surface area contributed by atoms with Crippen molar-refractivity contribution < 1.29 is 28.4 Å². The summed E-state index contributed by atoms with van der Waals surface area (Å²) in [5.74, 6) is 1.45. The highest BCUT2D eigenvalue weighted by Gasteiger charge is 2.39. The zero-order valence-corrected chi connectivity index (χ0v) is 39.8. The minimum atomic E-state index is -2.60. The normalized spacial score (nSPS) is 18.5. The van der Waals surface area contributed by atoms with Crippen molar-refractivity contribution in [3.8, 4) is 22.8 Å². The maximum atomic E-state index is 13.3. The molecule has 0 saturated carbocycles. The number of H-pyrrole nitrogens is 1. The van der Waals surface area contributed by atoms with Gasteiger partial charge in [-0.2, -0.15) is 10.1 Å². The van der Waals surface area contributed by atoms with Gasteiger partial charge in [-0.25, -0.2) is 4.98 Å². The van der Waals surface area contributed by atoms with Crippen LogP contribution in [0.15, 0.2) is 66.9 Å². The first-order valence-electron chi connectivity index (χ1n) is 23.3. The van der Waals surface area contributed by atoms with Gasteiger partial charge in [0.2, 0.25) is 17.8 Å². The van der Waals surface area contributed by atoms with Gasteiger partial charge in [0.05, 0.1) is 29.7 Å². The fourth-order valence-corrected chi connectivity index (χ4v) is 10.9. The van der Waals surface area contributed by atoms with E-state index in [9.17, 15) is 18.9 Å². The molecule has 5 aromatic rings. The number of imide groups is 1. The van der Waals surface area contributed by atoms with E-state index in [-0.39, 0.29) is 18.2 Å². The van der Waals surface area contributed by atoms with Gasteiger partial charge >= 0.3 is 0 Å². The molecule has 0 spiro atoms. The fourth-order valence-electron chi connectivity index (χ4n) is 9.79. The second-order valence-electron chi connectivity index (χ2n) is 18.2. The zero-order chi connectivity index (χ0) is 46.8. The van der Waals surface area contributed by atoms with Gasteiger partial charge < -0.3 is 34.5 Å². The number of nitrogens with one attached hydrogen (secondary N) is 4. The SMILES string of the molecule is CCc1cc(Nc2ncc(-c3cc(C)[nH]n3)c(Nc3ccccc3P(C)(C)=O)n2)c(OC)cc1N1CCC(N2CCN(CCOc3ccc4c(c3)CN(C3CCC(=O)NC3=O)C4=O)CC2)CC1. The Kier molecular flexibility index (Phi) is 13.4. The molecule has 3 amide bonds. The minimum absolute atomic E-state index is 0.181. The molecular weight excluding hydrogens is 870 g/mol. The highest BCUT2D eigenvalue weighted by atomic mass is 31.2. The number of carbonyl (C=O) groups excluding carboxylic acids is 3. The number of hydrogen-bond donors (Lipinski definition) is 4. The molecule has 0 radical (unpaired) electrons. The summed E-state index contributed by atoms with van der Waals surface area (Å²) in [6.07, 6.45) is 5.32. The summed E-state index contributed by atoms with van der Waals surface area (Å²) in [6, 6.07) is 19.2. The Labute approximate surface area is 391 Å². The van der Waals surface area contributed by atoms with E-state index < -0.39 is 19.1 Å². The molecule has 3 fully saturated rings. The van der Waals surface area contributed by atoms with E-state index in [4.69, 9.17) is 19.4 Å². The molecule has 6 heterocycles. The van der Waals surface area contributed by atoms with Crippen molar-refractivity contribution in [3.05, 3.63) is 89.2 Å². The predicted octanol–water partition coefficient (Wildman–Crippen LogP) is 5.91. The largest absolute Gasteiger partial charge is 0.494 e. The number of aryl methyl sites for hydroxylation is 2. The molecule has 18 heteroatoms. The van der Waals surface area contributed by atoms with Crippen LogP contribution >= 0.6 is 7.14 Å². The van der Waals surface area contributed by atoms with E-state index in [2.05, 4.69) is 59.9 Å². The Balaban J connectivity index is 0.785. The Morgan fingerprint density at radius 2 is 1.69 bits per heavy atom. The lowest BCUT2D eigenvalue weighted by Gasteiger charge is -2.43. The molecule has 0 aliphatic carbocycles. The van der Waals surface area contributed by atoms with Gasteiger partial charge in [0, 0.05) is 99.3 Å². The molecule has 1 unspecified atom stereocenters. The number of piperazine rings is 1. The van der Waals surface area contributed by atoms with Gasteiger partial charge in [0.1, 0.15) is 37.1 Å². The molecule has 352 valence electrons. The zero-order valence-electron chi connectivity index (χ0n) is 38.9. The molecule has 3 saturated heterocycles. The molecular formula is C49H60N11O6P. The molecule has 0 bridgehead atoms. The van der Waals surface area contributed by atoms with E-state index >= 15 is 0 Å². The van der Waals surface area contributed by atoms with Crippen molar-refractivity contribution in [3.63, 3.8) is 0 Å². The lowest BCUT2D eigenvalue weighted by atomic mass is 9.99. The van der Waals surface area contributed by atoms with Crippen molar-refractivity contribution >= 4 is 59.0 Å². The fraction of sp³-hybridized carbons (Fsp3) is 0.429. The summed E-state index contributed by atoms with van der Waals surface area (Å²) in [6.45, 7) is 15.2. The number of fused-ring (bicyclic) bond motifs is 1. The highest BCUT2D eigenvalue weighted by Crippen LogP contribution is 2.40. The number of benzene rings is 3. The van der Waals surface area contributed by atoms with E-state index in [1.54, 1.807) is 37.6 Å². The third-order valence-corrected chi connectivity index (χ3v) is 15.0. The summed E-state index contributed by atoms with van der Waals surface area (Å²) in [4.78, 5) is 56.0. The molecule has 67 heavy (non-hydrogen) atoms. The number of ether oxygens (including phenoxy) is 2. The lowest BCUT2D eigenvalue weighted by Crippen LogP contribution is -2.53. The average Bonchev–Trinajstić information content (AvgIpc) is 3.90. The third kappa shape index (κ3) is 10.0. The first kappa shape index (κ1) is 45.8. The van der Waals surface area contributed by atoms with Crippen LogP contribution in [0, 0.1) is 6.92 Å². The van der Waals surface area contributed by atoms with Crippen molar-refractivity contribution in [1.29, 1.82) is 0 Å². The third-order valence-electron chi connectivity index (χ3n) is 13.4. The van der Waals surface area contributed by atoms with Crippen LogP contribution in [0.3, 0.4) is 0 Å². The van der Waals surface area contributed by atoms with Crippen LogP contribution in [0.4, 0.5) is 28.8 Å². The lowest BCUT2D eigenvalue weighted by molar-refractivity contribution is -0.136. The summed E-state index contributed by atoms with van der Waals surface area (Å²) in [7, 11) is -0.917. The number of piperidine rings is 2. The molecule has 17 nitrogen and oxygen atoms in total. The Morgan fingerprint density at radius 1 is 0.896 bits per heavy atom. The molecule has 1 atom stereocenters. The van der Waals surface area contributed by atoms with Crippen molar-refractivity contribution in [2.45, 2.75) is 64.6 Å². The Bertz CT molecular complexity index is 2710. The number of carbonyl (C=O) groups is 3. The standard InChI is InChI=1S/C49H60N11O6P/c1-6-32-27-40(52-49-50-29-37(39-25-31(2)55-56-39)46(54-49)51-38-9-7-8-10-44(38)67(4,5)64)43(65-3)28-42(32)59-17-15-34(16-18-59)58-21-19-57(20-22-58)23-24-66-35-11-12-36-33(26-35)30-60(48(36)63)41-13-14-45(61)53-47(41)62/h7-12,25-29,34,41H,6,13-24,30H2,1-5H3,(H,55,56)(H,53,61,62)(H2,50,51,52,54). The van der Waals surface area contributed by atoms with Crippen LogP contribution in [-0.2, 0) is 27.1 Å². The number of nitrogens with zero attached hydrogens (tertiary/aromatic N) is 7. The van der Waals surface area contributed by atoms with E-state index in [0.717, 1.165) is 93.0 Å². The van der Waals surface area contributed by atoms with Crippen LogP contribution < -0.4 is 35.6 Å². The number of anilines is 5. The maximum Gasteiger partial charge on any atom is 0.255 e. The van der Waals surface area contributed by atoms with Gasteiger partial charge in [-0.3, -0.25) is 34.6 Å². The smallest absolute Gasteiger partial charge is 0.255 e. The summed E-state index contributed by atoms with van der Waals surface area (Å²) in [5, 5.41) is 17.5. The monoisotopic (exact) mass is 929 g/mol. The molecule has 4 N–H and O–H groups in total. The quantitative estimate of drug-likeness (QED) is 0.0717. The van der Waals surface area contributed by atoms with E-state index in [0.29, 0.717) is 65.7 Å². The predicted molar refractivity (Wildman–Crippen MR) is 260 cm³/mol. The summed E-state index contributed by atoms with van der Waals surface area (Å²) < 4.78 is 25.4. The van der Waals surface area contributed by atoms with Gasteiger partial charge in [-0.15, -0.1) is 0 Å². The maximum absolute atomic E-state index is 13.3. The van der Waals surface area contributed by atoms with Gasteiger partial charge in [-0.1, -0.05) is 19.1 Å². The Hall–Kier alpha value is -6.29. The highest BCUT2D eigenvalue weighted by molar-refractivity contribution is 7.70. The van der Waals surface area contributed by atoms with E-state index in [1.165, 1.54) is 11.3 Å². The van der Waals surface area contributed by atoms with Crippen LogP contribution in [0.25, 0.3) is 11.3 Å². The molecule has 3 aromatic carbocycles. The topological polar surface area (TPSA) is 190 Å². The molecule has 4 aliphatic rings. The number of aromatic nitrogens is 4. The summed E-state index contributed by atoms with van der Waals surface area (Å²) >= 11 is 0. The second kappa shape index (κ2) is 19.5. The van der Waals surface area contributed by atoms with Gasteiger partial charge in [0.15, 0.2) is 0 Å². The van der Waals surface area contributed by atoms with Gasteiger partial charge in [-0.05, 0) is 99.5 Å². The number of rotatable bonds is 15. The van der Waals surface area contributed by atoms with Crippen LogP contribution in [0.1, 0.15) is 59.8 Å². The van der Waals surface area contributed by atoms with Gasteiger partial charge in [0.25, 0.3) is 5.91 Å². The van der Waals surface area contributed by atoms with Crippen molar-refractivity contribution in [2.24, 2.45) is 0 Å². The van der Waals surface area contributed by atoms with E-state index in [1.807, 2.05) is 49.4 Å². The number of methoxy groups -OCH3 is 1. The summed E-state index contributed by atoms with van der Waals surface area (Å²) in [5.41, 5.74) is 7.61. The number of para-hydroxylation sites is 1. The van der Waals surface area contributed by atoms with Crippen molar-refractivity contribution in [2.75, 3.05) is 88.4 Å².